The summed E-state index contributed by atoms with van der Waals surface area (Å²) in [4.78, 5) is 26.0. The van der Waals surface area contributed by atoms with Crippen LogP contribution in [0.4, 0.5) is 0 Å². The molecule has 2 fully saturated rings. The number of carbonyl (C=O) groups excluding carboxylic acids is 2. The van der Waals surface area contributed by atoms with Gasteiger partial charge in [-0.1, -0.05) is 35.9 Å². The van der Waals surface area contributed by atoms with Gasteiger partial charge in [0.2, 0.25) is 6.29 Å². The van der Waals surface area contributed by atoms with E-state index in [4.69, 9.17) is 28.4 Å². The molecule has 44 heavy (non-hydrogen) atoms. The predicted molar refractivity (Wildman–Crippen MR) is 147 cm³/mol. The topological polar surface area (TPSA) is 211 Å². The molecule has 0 radical (unpaired) electrons. The van der Waals surface area contributed by atoms with E-state index in [0.29, 0.717) is 5.57 Å². The highest BCUT2D eigenvalue weighted by molar-refractivity contribution is 6.03. The molecule has 0 saturated carbocycles. The molecule has 0 unspecified atom stereocenters. The Labute approximate surface area is 252 Å². The van der Waals surface area contributed by atoms with Gasteiger partial charge in [0.1, 0.15) is 36.6 Å². The van der Waals surface area contributed by atoms with Crippen LogP contribution in [0.3, 0.4) is 0 Å². The molecule has 3 heterocycles. The van der Waals surface area contributed by atoms with Gasteiger partial charge < -0.3 is 59.1 Å². The highest BCUT2D eigenvalue weighted by Crippen LogP contribution is 2.46. The molecular weight excluding hydrogens is 584 g/mol. The fourth-order valence-corrected chi connectivity index (χ4v) is 5.72. The second-order valence-electron chi connectivity index (χ2n) is 11.1. The van der Waals surface area contributed by atoms with Gasteiger partial charge in [0.25, 0.3) is 0 Å². The van der Waals surface area contributed by atoms with Crippen molar-refractivity contribution >= 4 is 17.8 Å². The molecule has 5 rings (SSSR count). The Morgan fingerprint density at radius 3 is 2.39 bits per heavy atom. The summed E-state index contributed by atoms with van der Waals surface area (Å²) in [6, 6.07) is 8.94. The van der Waals surface area contributed by atoms with Crippen molar-refractivity contribution in [1.29, 1.82) is 0 Å². The first-order valence-corrected chi connectivity index (χ1v) is 14.1. The number of benzene rings is 1. The maximum absolute atomic E-state index is 13.4. The molecule has 0 spiro atoms. The summed E-state index contributed by atoms with van der Waals surface area (Å²) >= 11 is 0. The molecule has 0 amide bonds. The maximum Gasteiger partial charge on any atom is 0.331 e. The molecule has 14 heteroatoms. The van der Waals surface area contributed by atoms with Crippen LogP contribution in [-0.4, -0.2) is 122 Å². The van der Waals surface area contributed by atoms with E-state index in [9.17, 15) is 40.2 Å². The van der Waals surface area contributed by atoms with Crippen LogP contribution in [0, 0.1) is 5.92 Å². The van der Waals surface area contributed by atoms with E-state index < -0.39 is 97.6 Å². The number of ether oxygens (including phenoxy) is 6. The minimum Gasteiger partial charge on any atom is -0.472 e. The van der Waals surface area contributed by atoms with Gasteiger partial charge in [-0.2, -0.15) is 0 Å². The van der Waals surface area contributed by atoms with Crippen LogP contribution < -0.4 is 0 Å². The van der Waals surface area contributed by atoms with Gasteiger partial charge >= 0.3 is 5.97 Å². The first-order valence-electron chi connectivity index (χ1n) is 14.1. The Morgan fingerprint density at radius 2 is 1.68 bits per heavy atom. The fourth-order valence-electron chi connectivity index (χ4n) is 5.72. The Bertz CT molecular complexity index is 1280. The summed E-state index contributed by atoms with van der Waals surface area (Å²) in [5.74, 6) is -2.43. The van der Waals surface area contributed by atoms with Gasteiger partial charge in [-0.25, -0.2) is 4.79 Å². The Kier molecular flexibility index (Phi) is 9.67. The Morgan fingerprint density at radius 1 is 0.955 bits per heavy atom. The molecule has 0 aromatic heterocycles. The van der Waals surface area contributed by atoms with Crippen molar-refractivity contribution in [2.75, 3.05) is 6.61 Å². The smallest absolute Gasteiger partial charge is 0.331 e. The van der Waals surface area contributed by atoms with E-state index in [2.05, 4.69) is 0 Å². The molecule has 14 nitrogen and oxygen atoms in total. The zero-order valence-electron chi connectivity index (χ0n) is 23.9. The lowest BCUT2D eigenvalue weighted by Crippen LogP contribution is -2.63. The third-order valence-electron chi connectivity index (χ3n) is 8.17. The van der Waals surface area contributed by atoms with Crippen LogP contribution in [-0.2, 0) is 38.0 Å². The highest BCUT2D eigenvalue weighted by Gasteiger charge is 2.60. The van der Waals surface area contributed by atoms with E-state index in [1.54, 1.807) is 31.2 Å². The number of hydrogen-bond acceptors (Lipinski definition) is 14. The van der Waals surface area contributed by atoms with Gasteiger partial charge in [0.15, 0.2) is 30.1 Å². The van der Waals surface area contributed by atoms with Gasteiger partial charge in [-0.05, 0) is 37.6 Å². The number of esters is 1. The first kappa shape index (κ1) is 32.4. The van der Waals surface area contributed by atoms with Crippen LogP contribution in [0.1, 0.15) is 19.4 Å². The van der Waals surface area contributed by atoms with Gasteiger partial charge in [0, 0.05) is 6.08 Å². The summed E-state index contributed by atoms with van der Waals surface area (Å²) in [6.07, 6.45) is -10.1. The second-order valence-corrected chi connectivity index (χ2v) is 11.1. The van der Waals surface area contributed by atoms with Crippen molar-refractivity contribution in [2.45, 2.75) is 87.2 Å². The third kappa shape index (κ3) is 6.10. The van der Waals surface area contributed by atoms with E-state index in [1.165, 1.54) is 25.2 Å². The van der Waals surface area contributed by atoms with Crippen molar-refractivity contribution in [1.82, 2.24) is 0 Å². The lowest BCUT2D eigenvalue weighted by molar-refractivity contribution is -0.353. The zero-order chi connectivity index (χ0) is 31.8. The standard InChI is InChI=1S/C30H36O14/c1-14-12-18(32)30(10-11-39-27(20(14)30)43-28-24(37)23(36)22(35)17(13-31)41-28)44-29-25(38)26(21(34)15(2)40-29)42-19(33)9-8-16-6-4-3-5-7-16/h3-12,15,17,20-29,31,34-38H,13H2,1-2H3/b9-8+/t15-,17+,20+,21-,22+,23-,24+,25+,26+,27+,28-,29+,30+/m1/s1. The Balaban J connectivity index is 1.34. The average molecular weight is 621 g/mol. The number of carbonyl (C=O) groups is 2. The normalized spacial score (nSPS) is 42.1. The van der Waals surface area contributed by atoms with Crippen molar-refractivity contribution in [3.05, 3.63) is 66.0 Å². The summed E-state index contributed by atoms with van der Waals surface area (Å²) in [7, 11) is 0. The number of aliphatic hydroxyl groups is 6. The maximum atomic E-state index is 13.4. The van der Waals surface area contributed by atoms with Crippen LogP contribution >= 0.6 is 0 Å². The molecule has 1 aromatic carbocycles. The van der Waals surface area contributed by atoms with E-state index in [-0.39, 0.29) is 0 Å². The molecule has 13 atom stereocenters. The monoisotopic (exact) mass is 620 g/mol. The number of aliphatic hydroxyl groups excluding tert-OH is 6. The number of rotatable bonds is 8. The van der Waals surface area contributed by atoms with Crippen molar-refractivity contribution in [2.24, 2.45) is 5.92 Å². The number of fused-ring (bicyclic) bond motifs is 1. The second kappa shape index (κ2) is 13.1. The van der Waals surface area contributed by atoms with Crippen LogP contribution in [0.25, 0.3) is 6.08 Å². The van der Waals surface area contributed by atoms with Crippen LogP contribution in [0.2, 0.25) is 0 Å². The molecule has 6 N–H and O–H groups in total. The van der Waals surface area contributed by atoms with Gasteiger partial charge in [-0.3, -0.25) is 4.79 Å². The summed E-state index contributed by atoms with van der Waals surface area (Å²) in [6.45, 7) is 2.40. The molecule has 240 valence electrons. The van der Waals surface area contributed by atoms with Crippen molar-refractivity contribution < 1.29 is 68.6 Å². The van der Waals surface area contributed by atoms with Crippen molar-refractivity contribution in [3.63, 3.8) is 0 Å². The summed E-state index contributed by atoms with van der Waals surface area (Å²) < 4.78 is 34.2. The Hall–Kier alpha value is -3.02. The molecule has 0 bridgehead atoms. The molecule has 3 aliphatic heterocycles. The minimum atomic E-state index is -1.86. The quantitative estimate of drug-likeness (QED) is 0.147. The summed E-state index contributed by atoms with van der Waals surface area (Å²) in [5, 5.41) is 62.2. The largest absolute Gasteiger partial charge is 0.472 e. The van der Waals surface area contributed by atoms with E-state index >= 15 is 0 Å². The lowest BCUT2D eigenvalue weighted by Gasteiger charge is -2.47. The lowest BCUT2D eigenvalue weighted by atomic mass is 9.83. The number of hydrogen-bond donors (Lipinski definition) is 6. The predicted octanol–water partition coefficient (Wildman–Crippen LogP) is -1.33. The van der Waals surface area contributed by atoms with Gasteiger partial charge in [0.05, 0.1) is 24.9 Å². The minimum absolute atomic E-state index is 0.432. The van der Waals surface area contributed by atoms with Crippen LogP contribution in [0.15, 0.2) is 60.4 Å². The number of ketones is 1. The van der Waals surface area contributed by atoms with Crippen LogP contribution in [0.5, 0.6) is 0 Å². The molecule has 4 aliphatic rings. The first-order chi connectivity index (χ1) is 21.0. The molecule has 1 aromatic rings. The fraction of sp³-hybridized carbons (Fsp3) is 0.533. The molecule has 1 aliphatic carbocycles. The zero-order valence-corrected chi connectivity index (χ0v) is 23.9. The summed E-state index contributed by atoms with van der Waals surface area (Å²) in [5.41, 5.74) is -0.704. The van der Waals surface area contributed by atoms with Gasteiger partial charge in [-0.15, -0.1) is 0 Å². The molecule has 2 saturated heterocycles. The van der Waals surface area contributed by atoms with E-state index in [1.807, 2.05) is 6.07 Å². The third-order valence-corrected chi connectivity index (χ3v) is 8.17. The SMILES string of the molecule is CC1=CC(=O)[C@@]2(O[C@@H]3O[C@H](C)[C@@H](O)[C@H](OC(=O)/C=C/c4ccccc4)[C@@H]3O)C=CO[C@@H](O[C@H]3O[C@@H](CO)[C@H](O)[C@@H](O)[C@@H]3O)[C@H]12. The van der Waals surface area contributed by atoms with E-state index in [0.717, 1.165) is 17.9 Å². The molecular formula is C30H36O14. The van der Waals surface area contributed by atoms with Crippen molar-refractivity contribution in [3.8, 4) is 0 Å². The highest BCUT2D eigenvalue weighted by atomic mass is 16.8. The average Bonchev–Trinajstić information content (AvgIpc) is 3.27.